The van der Waals surface area contributed by atoms with Crippen molar-refractivity contribution in [1.29, 1.82) is 0 Å². The Morgan fingerprint density at radius 3 is 3.00 bits per heavy atom. The van der Waals surface area contributed by atoms with Gasteiger partial charge in [-0.15, -0.1) is 0 Å². The molecule has 1 saturated heterocycles. The summed E-state index contributed by atoms with van der Waals surface area (Å²) in [6.07, 6.45) is 2.35. The number of aliphatic hydroxyl groups excluding tert-OH is 1. The van der Waals surface area contributed by atoms with Crippen LogP contribution in [0, 0.1) is 0 Å². The Kier molecular flexibility index (Phi) is 5.05. The highest BCUT2D eigenvalue weighted by Crippen LogP contribution is 2.12. The highest BCUT2D eigenvalue weighted by Gasteiger charge is 2.27. The van der Waals surface area contributed by atoms with Gasteiger partial charge in [0.05, 0.1) is 12.1 Å². The van der Waals surface area contributed by atoms with E-state index in [1.165, 1.54) is 0 Å². The van der Waals surface area contributed by atoms with E-state index < -0.39 is 0 Å². The van der Waals surface area contributed by atoms with Crippen LogP contribution < -0.4 is 5.32 Å². The summed E-state index contributed by atoms with van der Waals surface area (Å²) in [5.74, 6) is 0.198. The molecule has 0 saturated carbocycles. The molecular weight excluding hydrogens is 192 g/mol. The number of rotatable bonds is 5. The molecule has 0 aromatic rings. The highest BCUT2D eigenvalue weighted by atomic mass is 16.3. The van der Waals surface area contributed by atoms with E-state index in [1.54, 1.807) is 6.92 Å². The summed E-state index contributed by atoms with van der Waals surface area (Å²) < 4.78 is 0. The van der Waals surface area contributed by atoms with Gasteiger partial charge in [-0.1, -0.05) is 6.92 Å². The number of carbonyl (C=O) groups excluding carboxylic acids is 1. The monoisotopic (exact) mass is 214 g/mol. The zero-order valence-corrected chi connectivity index (χ0v) is 9.70. The lowest BCUT2D eigenvalue weighted by Gasteiger charge is -2.32. The molecule has 2 atom stereocenters. The molecule has 15 heavy (non-hydrogen) atoms. The number of aliphatic hydroxyl groups is 1. The number of nitrogens with zero attached hydrogens (tertiary/aromatic N) is 1. The highest BCUT2D eigenvalue weighted by molar-refractivity contribution is 5.82. The Morgan fingerprint density at radius 1 is 1.67 bits per heavy atom. The van der Waals surface area contributed by atoms with Crippen LogP contribution in [-0.4, -0.2) is 47.7 Å². The van der Waals surface area contributed by atoms with Crippen molar-refractivity contribution in [2.45, 2.75) is 45.3 Å². The van der Waals surface area contributed by atoms with Crippen molar-refractivity contribution < 1.29 is 9.90 Å². The zero-order chi connectivity index (χ0) is 11.3. The molecule has 88 valence electrons. The first kappa shape index (κ1) is 12.5. The summed E-state index contributed by atoms with van der Waals surface area (Å²) in [6, 6.07) is -0.00208. The predicted molar refractivity (Wildman–Crippen MR) is 59.6 cm³/mol. The first-order valence-corrected chi connectivity index (χ1v) is 5.85. The van der Waals surface area contributed by atoms with E-state index in [9.17, 15) is 9.90 Å². The number of hydrogen-bond donors (Lipinski definition) is 2. The van der Waals surface area contributed by atoms with Gasteiger partial charge in [0.2, 0.25) is 5.91 Å². The van der Waals surface area contributed by atoms with Crippen molar-refractivity contribution in [3.8, 4) is 0 Å². The van der Waals surface area contributed by atoms with E-state index in [0.29, 0.717) is 13.0 Å². The second-order valence-electron chi connectivity index (χ2n) is 4.22. The smallest absolute Gasteiger partial charge is 0.239 e. The molecule has 0 spiro atoms. The average molecular weight is 214 g/mol. The predicted octanol–water partition coefficient (Wildman–Crippen LogP) is 0.358. The summed E-state index contributed by atoms with van der Waals surface area (Å²) in [4.78, 5) is 13.8. The van der Waals surface area contributed by atoms with Gasteiger partial charge in [-0.05, 0) is 32.7 Å². The maximum absolute atomic E-state index is 11.9. The standard InChI is InChI=1S/C11H22N2O2/c1-3-12-10-5-4-7-13(11(10)15)8-6-9(2)14/h9-10,12,14H,3-8H2,1-2H3. The van der Waals surface area contributed by atoms with Gasteiger partial charge in [0.15, 0.2) is 0 Å². The van der Waals surface area contributed by atoms with Gasteiger partial charge < -0.3 is 15.3 Å². The van der Waals surface area contributed by atoms with E-state index in [1.807, 2.05) is 11.8 Å². The fourth-order valence-electron chi connectivity index (χ4n) is 1.94. The molecule has 4 nitrogen and oxygen atoms in total. The van der Waals surface area contributed by atoms with Crippen LogP contribution in [0.1, 0.15) is 33.1 Å². The fourth-order valence-corrected chi connectivity index (χ4v) is 1.94. The molecule has 0 aromatic carbocycles. The van der Waals surface area contributed by atoms with E-state index in [2.05, 4.69) is 5.32 Å². The van der Waals surface area contributed by atoms with Gasteiger partial charge in [0, 0.05) is 13.1 Å². The lowest BCUT2D eigenvalue weighted by molar-refractivity contribution is -0.136. The Morgan fingerprint density at radius 2 is 2.40 bits per heavy atom. The molecule has 1 heterocycles. The fraction of sp³-hybridized carbons (Fsp3) is 0.909. The van der Waals surface area contributed by atoms with Crippen LogP contribution in [0.5, 0.6) is 0 Å². The lowest BCUT2D eigenvalue weighted by atomic mass is 10.0. The van der Waals surface area contributed by atoms with E-state index in [-0.39, 0.29) is 18.1 Å². The number of carbonyl (C=O) groups is 1. The van der Waals surface area contributed by atoms with E-state index in [0.717, 1.165) is 25.9 Å². The van der Waals surface area contributed by atoms with Crippen LogP contribution in [-0.2, 0) is 4.79 Å². The maximum atomic E-state index is 11.9. The molecule has 1 amide bonds. The number of amides is 1. The normalized spacial score (nSPS) is 24.3. The molecule has 1 fully saturated rings. The number of piperidine rings is 1. The first-order valence-electron chi connectivity index (χ1n) is 5.85. The molecule has 2 N–H and O–H groups in total. The summed E-state index contributed by atoms with van der Waals surface area (Å²) in [7, 11) is 0. The van der Waals surface area contributed by atoms with Gasteiger partial charge in [-0.2, -0.15) is 0 Å². The van der Waals surface area contributed by atoms with Crippen LogP contribution in [0.2, 0.25) is 0 Å². The largest absolute Gasteiger partial charge is 0.393 e. The Hall–Kier alpha value is -0.610. The van der Waals surface area contributed by atoms with E-state index in [4.69, 9.17) is 0 Å². The molecule has 1 aliphatic rings. The Bertz CT molecular complexity index is 205. The SMILES string of the molecule is CCNC1CCCN(CCC(C)O)C1=O. The van der Waals surface area contributed by atoms with Crippen LogP contribution >= 0.6 is 0 Å². The van der Waals surface area contributed by atoms with Gasteiger partial charge in [-0.3, -0.25) is 4.79 Å². The molecule has 1 rings (SSSR count). The molecule has 0 aromatic heterocycles. The van der Waals surface area contributed by atoms with Crippen molar-refractivity contribution in [2.75, 3.05) is 19.6 Å². The van der Waals surface area contributed by atoms with Crippen molar-refractivity contribution in [3.63, 3.8) is 0 Å². The number of likely N-dealkylation sites (tertiary alicyclic amines) is 1. The maximum Gasteiger partial charge on any atom is 0.239 e. The van der Waals surface area contributed by atoms with Crippen LogP contribution in [0.25, 0.3) is 0 Å². The summed E-state index contributed by atoms with van der Waals surface area (Å²) in [6.45, 7) is 6.13. The molecule has 2 unspecified atom stereocenters. The van der Waals surface area contributed by atoms with E-state index >= 15 is 0 Å². The molecule has 4 heteroatoms. The number of likely N-dealkylation sites (N-methyl/N-ethyl adjacent to an activating group) is 1. The second-order valence-corrected chi connectivity index (χ2v) is 4.22. The average Bonchev–Trinajstić information content (AvgIpc) is 2.19. The van der Waals surface area contributed by atoms with Crippen molar-refractivity contribution in [1.82, 2.24) is 10.2 Å². The third kappa shape index (κ3) is 3.80. The third-order valence-corrected chi connectivity index (χ3v) is 2.80. The topological polar surface area (TPSA) is 52.6 Å². The van der Waals surface area contributed by atoms with Crippen molar-refractivity contribution >= 4 is 5.91 Å². The minimum atomic E-state index is -0.322. The van der Waals surface area contributed by atoms with Gasteiger partial charge in [0.1, 0.15) is 0 Å². The van der Waals surface area contributed by atoms with Gasteiger partial charge in [-0.25, -0.2) is 0 Å². The van der Waals surface area contributed by atoms with Crippen molar-refractivity contribution in [3.05, 3.63) is 0 Å². The van der Waals surface area contributed by atoms with Crippen molar-refractivity contribution in [2.24, 2.45) is 0 Å². The minimum Gasteiger partial charge on any atom is -0.393 e. The summed E-state index contributed by atoms with van der Waals surface area (Å²) in [5.41, 5.74) is 0. The Labute approximate surface area is 91.6 Å². The Balaban J connectivity index is 2.40. The summed E-state index contributed by atoms with van der Waals surface area (Å²) in [5, 5.41) is 12.4. The van der Waals surface area contributed by atoms with Crippen LogP contribution in [0.3, 0.4) is 0 Å². The quantitative estimate of drug-likeness (QED) is 0.694. The minimum absolute atomic E-state index is 0.00208. The molecule has 1 aliphatic heterocycles. The molecule has 0 radical (unpaired) electrons. The number of nitrogens with one attached hydrogen (secondary N) is 1. The zero-order valence-electron chi connectivity index (χ0n) is 9.70. The van der Waals surface area contributed by atoms with Gasteiger partial charge >= 0.3 is 0 Å². The van der Waals surface area contributed by atoms with Crippen LogP contribution in [0.4, 0.5) is 0 Å². The molecular formula is C11H22N2O2. The first-order chi connectivity index (χ1) is 7.15. The second kappa shape index (κ2) is 6.08. The molecule has 0 aliphatic carbocycles. The van der Waals surface area contributed by atoms with Gasteiger partial charge in [0.25, 0.3) is 0 Å². The lowest BCUT2D eigenvalue weighted by Crippen LogP contribution is -2.51. The number of hydrogen-bond acceptors (Lipinski definition) is 3. The van der Waals surface area contributed by atoms with Crippen LogP contribution in [0.15, 0.2) is 0 Å². The third-order valence-electron chi connectivity index (χ3n) is 2.80. The summed E-state index contributed by atoms with van der Waals surface area (Å²) >= 11 is 0. The molecule has 0 bridgehead atoms.